The summed E-state index contributed by atoms with van der Waals surface area (Å²) in [5, 5.41) is 12.7. The number of carbonyl (C=O) groups is 2. The first-order valence-electron chi connectivity index (χ1n) is 8.64. The second-order valence-corrected chi connectivity index (χ2v) is 7.81. The van der Waals surface area contributed by atoms with Gasteiger partial charge in [0.05, 0.1) is 0 Å². The monoisotopic (exact) mass is 330 g/mol. The van der Waals surface area contributed by atoms with Crippen LogP contribution in [0.4, 0.5) is 0 Å². The number of aromatic hydroxyl groups is 1. The molecule has 2 N–H and O–H groups in total. The van der Waals surface area contributed by atoms with E-state index in [4.69, 9.17) is 0 Å². The summed E-state index contributed by atoms with van der Waals surface area (Å²) in [4.78, 5) is 27.2. The topological polar surface area (TPSA) is 69.6 Å². The lowest BCUT2D eigenvalue weighted by Gasteiger charge is -2.52. The minimum Gasteiger partial charge on any atom is -0.508 e. The highest BCUT2D eigenvalue weighted by molar-refractivity contribution is 5.97. The van der Waals surface area contributed by atoms with Crippen molar-refractivity contribution >= 4 is 11.8 Å². The summed E-state index contributed by atoms with van der Waals surface area (Å²) < 4.78 is 0. The minimum absolute atomic E-state index is 0.0272. The van der Waals surface area contributed by atoms with Gasteiger partial charge < -0.3 is 15.3 Å². The zero-order valence-electron chi connectivity index (χ0n) is 14.7. The van der Waals surface area contributed by atoms with Crippen LogP contribution in [0.3, 0.4) is 0 Å². The number of hydrogen-bond acceptors (Lipinski definition) is 3. The summed E-state index contributed by atoms with van der Waals surface area (Å²) >= 11 is 0. The van der Waals surface area contributed by atoms with Gasteiger partial charge in [-0.1, -0.05) is 39.8 Å². The van der Waals surface area contributed by atoms with Gasteiger partial charge in [-0.3, -0.25) is 9.59 Å². The molecule has 0 aliphatic carbocycles. The number of nitrogens with one attached hydrogen (secondary N) is 1. The molecule has 5 heteroatoms. The molecular formula is C19H26N2O3. The van der Waals surface area contributed by atoms with E-state index >= 15 is 0 Å². The third-order valence-electron chi connectivity index (χ3n) is 5.87. The molecule has 2 amide bonds. The SMILES string of the molecule is CC(C)[C@@H]1NC(=O)[C@H]2C[C@@](C)(c3cccc(O)c3)[C@@H](C)CN2C1=O. The molecule has 1 aromatic carbocycles. The van der Waals surface area contributed by atoms with E-state index < -0.39 is 12.1 Å². The largest absolute Gasteiger partial charge is 0.508 e. The third-order valence-corrected chi connectivity index (χ3v) is 5.87. The molecule has 1 aromatic rings. The molecule has 2 heterocycles. The van der Waals surface area contributed by atoms with Gasteiger partial charge in [0.25, 0.3) is 0 Å². The molecule has 0 spiro atoms. The zero-order valence-corrected chi connectivity index (χ0v) is 14.7. The number of rotatable bonds is 2. The van der Waals surface area contributed by atoms with Crippen LogP contribution in [0, 0.1) is 11.8 Å². The maximum atomic E-state index is 12.8. The zero-order chi connectivity index (χ0) is 17.6. The molecule has 0 bridgehead atoms. The number of amides is 2. The van der Waals surface area contributed by atoms with Crippen LogP contribution >= 0.6 is 0 Å². The average molecular weight is 330 g/mol. The molecule has 2 aliphatic heterocycles. The average Bonchev–Trinajstić information content (AvgIpc) is 2.52. The quantitative estimate of drug-likeness (QED) is 0.872. The Labute approximate surface area is 143 Å². The van der Waals surface area contributed by atoms with E-state index in [1.165, 1.54) is 0 Å². The van der Waals surface area contributed by atoms with Crippen molar-refractivity contribution in [2.75, 3.05) is 6.54 Å². The summed E-state index contributed by atoms with van der Waals surface area (Å²) in [6.45, 7) is 8.70. The molecule has 2 saturated heterocycles. The lowest BCUT2D eigenvalue weighted by Crippen LogP contribution is -2.69. The van der Waals surface area contributed by atoms with Crippen LogP contribution < -0.4 is 5.32 Å². The van der Waals surface area contributed by atoms with Gasteiger partial charge in [0, 0.05) is 6.54 Å². The Morgan fingerprint density at radius 2 is 2.04 bits per heavy atom. The van der Waals surface area contributed by atoms with Gasteiger partial charge in [-0.2, -0.15) is 0 Å². The molecule has 5 nitrogen and oxygen atoms in total. The predicted octanol–water partition coefficient (Wildman–Crippen LogP) is 2.04. The lowest BCUT2D eigenvalue weighted by atomic mass is 9.65. The Morgan fingerprint density at radius 3 is 2.67 bits per heavy atom. The van der Waals surface area contributed by atoms with Crippen molar-refractivity contribution < 1.29 is 14.7 Å². The second kappa shape index (κ2) is 5.80. The van der Waals surface area contributed by atoms with Crippen molar-refractivity contribution in [2.45, 2.75) is 51.6 Å². The van der Waals surface area contributed by atoms with Crippen LogP contribution in [0.1, 0.15) is 39.7 Å². The third kappa shape index (κ3) is 2.56. The van der Waals surface area contributed by atoms with E-state index in [0.717, 1.165) is 5.56 Å². The number of phenolic OH excluding ortho intramolecular Hbond substituents is 1. The first kappa shape index (κ1) is 16.8. The van der Waals surface area contributed by atoms with Gasteiger partial charge in [0.1, 0.15) is 17.8 Å². The molecule has 24 heavy (non-hydrogen) atoms. The molecule has 2 aliphatic rings. The molecule has 4 atom stereocenters. The molecule has 0 unspecified atom stereocenters. The van der Waals surface area contributed by atoms with Crippen molar-refractivity contribution in [2.24, 2.45) is 11.8 Å². The van der Waals surface area contributed by atoms with E-state index in [-0.39, 0.29) is 34.8 Å². The number of nitrogens with zero attached hydrogens (tertiary/aromatic N) is 1. The molecule has 2 fully saturated rings. The van der Waals surface area contributed by atoms with Crippen molar-refractivity contribution in [3.05, 3.63) is 29.8 Å². The highest BCUT2D eigenvalue weighted by Gasteiger charge is 2.51. The Bertz CT molecular complexity index is 672. The summed E-state index contributed by atoms with van der Waals surface area (Å²) in [6.07, 6.45) is 0.569. The molecule has 130 valence electrons. The molecular weight excluding hydrogens is 304 g/mol. The van der Waals surface area contributed by atoms with Crippen LogP contribution in [0.15, 0.2) is 24.3 Å². The van der Waals surface area contributed by atoms with E-state index in [2.05, 4.69) is 19.2 Å². The maximum absolute atomic E-state index is 12.8. The van der Waals surface area contributed by atoms with Gasteiger partial charge >= 0.3 is 0 Å². The highest BCUT2D eigenvalue weighted by Crippen LogP contribution is 2.43. The van der Waals surface area contributed by atoms with Gasteiger partial charge in [-0.25, -0.2) is 0 Å². The van der Waals surface area contributed by atoms with Crippen LogP contribution in [0.25, 0.3) is 0 Å². The Balaban J connectivity index is 1.93. The number of piperazine rings is 1. The van der Waals surface area contributed by atoms with E-state index in [0.29, 0.717) is 13.0 Å². The van der Waals surface area contributed by atoms with Crippen LogP contribution in [-0.2, 0) is 15.0 Å². The highest BCUT2D eigenvalue weighted by atomic mass is 16.3. The van der Waals surface area contributed by atoms with Crippen molar-refractivity contribution in [1.29, 1.82) is 0 Å². The van der Waals surface area contributed by atoms with Crippen molar-refractivity contribution in [3.63, 3.8) is 0 Å². The van der Waals surface area contributed by atoms with Crippen LogP contribution in [-0.4, -0.2) is 40.4 Å². The lowest BCUT2D eigenvalue weighted by molar-refractivity contribution is -0.155. The summed E-state index contributed by atoms with van der Waals surface area (Å²) in [6, 6.07) is 6.38. The second-order valence-electron chi connectivity index (χ2n) is 7.81. The molecule has 0 aromatic heterocycles. The fourth-order valence-electron chi connectivity index (χ4n) is 4.02. The van der Waals surface area contributed by atoms with Gasteiger partial charge in [-0.15, -0.1) is 0 Å². The smallest absolute Gasteiger partial charge is 0.246 e. The number of benzene rings is 1. The van der Waals surface area contributed by atoms with Gasteiger partial charge in [0.15, 0.2) is 0 Å². The molecule has 0 radical (unpaired) electrons. The predicted molar refractivity (Wildman–Crippen MR) is 91.5 cm³/mol. The van der Waals surface area contributed by atoms with E-state index in [1.807, 2.05) is 26.0 Å². The fraction of sp³-hybridized carbons (Fsp3) is 0.579. The molecule has 3 rings (SSSR count). The summed E-state index contributed by atoms with van der Waals surface area (Å²) in [5.74, 6) is 0.466. The standard InChI is InChI=1S/C19H26N2O3/c1-11(2)16-18(24)21-10-12(3)19(4,9-15(21)17(23)20-16)13-6-5-7-14(22)8-13/h5-8,11-12,15-16,22H,9-10H2,1-4H3,(H,20,23)/t12-,15+,16-,19+/m0/s1. The first-order valence-corrected chi connectivity index (χ1v) is 8.64. The number of fused-ring (bicyclic) bond motifs is 1. The number of piperidine rings is 1. The van der Waals surface area contributed by atoms with Gasteiger partial charge in [-0.05, 0) is 41.4 Å². The Morgan fingerprint density at radius 1 is 1.33 bits per heavy atom. The minimum atomic E-state index is -0.434. The molecule has 0 saturated carbocycles. The first-order chi connectivity index (χ1) is 11.2. The maximum Gasteiger partial charge on any atom is 0.246 e. The van der Waals surface area contributed by atoms with Crippen molar-refractivity contribution in [1.82, 2.24) is 10.2 Å². The number of hydrogen-bond donors (Lipinski definition) is 2. The van der Waals surface area contributed by atoms with E-state index in [1.54, 1.807) is 17.0 Å². The van der Waals surface area contributed by atoms with Crippen LogP contribution in [0.5, 0.6) is 5.75 Å². The fourth-order valence-corrected chi connectivity index (χ4v) is 4.02. The van der Waals surface area contributed by atoms with Crippen LogP contribution in [0.2, 0.25) is 0 Å². The summed E-state index contributed by atoms with van der Waals surface area (Å²) in [7, 11) is 0. The van der Waals surface area contributed by atoms with Gasteiger partial charge in [0.2, 0.25) is 11.8 Å². The normalized spacial score (nSPS) is 33.4. The van der Waals surface area contributed by atoms with E-state index in [9.17, 15) is 14.7 Å². The number of carbonyl (C=O) groups excluding carboxylic acids is 2. The number of phenols is 1. The Kier molecular flexibility index (Phi) is 4.06. The summed E-state index contributed by atoms with van der Waals surface area (Å²) in [5.41, 5.74) is 0.753. The Hall–Kier alpha value is -2.04. The van der Waals surface area contributed by atoms with Crippen molar-refractivity contribution in [3.8, 4) is 5.75 Å².